The summed E-state index contributed by atoms with van der Waals surface area (Å²) in [6.07, 6.45) is -1.57. The minimum atomic E-state index is -4.63. The molecule has 0 spiro atoms. The van der Waals surface area contributed by atoms with Crippen LogP contribution in [0, 0.1) is 0 Å². The molecule has 2 rings (SSSR count). The van der Waals surface area contributed by atoms with Crippen molar-refractivity contribution < 1.29 is 22.7 Å². The van der Waals surface area contributed by atoms with Crippen LogP contribution in [0.5, 0.6) is 0 Å². The first-order valence-electron chi connectivity index (χ1n) is 6.57. The molecular weight excluding hydrogens is 296 g/mol. The van der Waals surface area contributed by atoms with Crippen LogP contribution in [0.3, 0.4) is 0 Å². The predicted molar refractivity (Wildman–Crippen MR) is 76.8 cm³/mol. The third-order valence-electron chi connectivity index (χ3n) is 3.19. The Balaban J connectivity index is 2.24. The van der Waals surface area contributed by atoms with E-state index in [1.54, 1.807) is 24.3 Å². The summed E-state index contributed by atoms with van der Waals surface area (Å²) >= 11 is 0. The van der Waals surface area contributed by atoms with E-state index in [9.17, 15) is 22.7 Å². The van der Waals surface area contributed by atoms with Crippen LogP contribution in [0.2, 0.25) is 0 Å². The summed E-state index contributed by atoms with van der Waals surface area (Å²) in [5, 5.41) is 9.62. The fraction of sp³-hybridized carbons (Fsp3) is 0.176. The molecule has 5 heteroatoms. The van der Waals surface area contributed by atoms with Crippen LogP contribution in [0.4, 0.5) is 17.6 Å². The van der Waals surface area contributed by atoms with Gasteiger partial charge >= 0.3 is 11.8 Å². The lowest BCUT2D eigenvalue weighted by atomic mass is 9.98. The Kier molecular flexibility index (Phi) is 4.66. The molecule has 0 radical (unpaired) electrons. The fourth-order valence-corrected chi connectivity index (χ4v) is 1.90. The van der Waals surface area contributed by atoms with Gasteiger partial charge in [-0.3, -0.25) is 0 Å². The minimum absolute atomic E-state index is 0.120. The van der Waals surface area contributed by atoms with E-state index in [4.69, 9.17) is 0 Å². The van der Waals surface area contributed by atoms with Crippen LogP contribution >= 0.6 is 0 Å². The number of allylic oxidation sites excluding steroid dienone is 1. The number of rotatable bonds is 5. The highest BCUT2D eigenvalue weighted by molar-refractivity contribution is 5.50. The number of aliphatic hydroxyl groups excluding tert-OH is 1. The SMILES string of the molecule is OC(c1ccccc1)C(F)(F)C(F)(F)/C=C/c1ccccc1. The molecule has 0 aliphatic rings. The van der Waals surface area contributed by atoms with Gasteiger partial charge in [0.1, 0.15) is 6.10 Å². The molecule has 1 nitrogen and oxygen atoms in total. The summed E-state index contributed by atoms with van der Waals surface area (Å²) in [6, 6.07) is 14.6. The Labute approximate surface area is 125 Å². The molecule has 2 aromatic rings. The van der Waals surface area contributed by atoms with Crippen LogP contribution in [0.25, 0.3) is 6.08 Å². The first-order valence-corrected chi connectivity index (χ1v) is 6.57. The highest BCUT2D eigenvalue weighted by Crippen LogP contribution is 2.44. The first kappa shape index (κ1) is 16.2. The predicted octanol–water partition coefficient (Wildman–Crippen LogP) is 4.70. The van der Waals surface area contributed by atoms with Gasteiger partial charge in [0, 0.05) is 0 Å². The monoisotopic (exact) mass is 310 g/mol. The maximum atomic E-state index is 13.9. The maximum Gasteiger partial charge on any atom is 0.343 e. The highest BCUT2D eigenvalue weighted by Gasteiger charge is 2.59. The van der Waals surface area contributed by atoms with E-state index in [1.807, 2.05) is 0 Å². The zero-order valence-corrected chi connectivity index (χ0v) is 11.5. The molecule has 0 fully saturated rings. The van der Waals surface area contributed by atoms with Gasteiger partial charge in [-0.25, -0.2) is 0 Å². The topological polar surface area (TPSA) is 20.2 Å². The molecular formula is C17H14F4O. The van der Waals surface area contributed by atoms with Crippen molar-refractivity contribution in [3.63, 3.8) is 0 Å². The first-order chi connectivity index (χ1) is 10.3. The van der Waals surface area contributed by atoms with Crippen LogP contribution in [0.15, 0.2) is 66.7 Å². The van der Waals surface area contributed by atoms with E-state index >= 15 is 0 Å². The van der Waals surface area contributed by atoms with E-state index in [0.717, 1.165) is 6.08 Å². The van der Waals surface area contributed by atoms with Crippen LogP contribution in [0.1, 0.15) is 17.2 Å². The summed E-state index contributed by atoms with van der Waals surface area (Å²) in [7, 11) is 0. The second-order valence-corrected chi connectivity index (χ2v) is 4.80. The molecule has 0 heterocycles. The molecule has 0 bridgehead atoms. The Hall–Kier alpha value is -2.14. The van der Waals surface area contributed by atoms with Crippen LogP contribution in [-0.4, -0.2) is 17.0 Å². The van der Waals surface area contributed by atoms with Crippen molar-refractivity contribution in [3.05, 3.63) is 77.9 Å². The van der Waals surface area contributed by atoms with Gasteiger partial charge in [-0.05, 0) is 17.2 Å². The number of alkyl halides is 4. The van der Waals surface area contributed by atoms with Crippen molar-refractivity contribution in [2.45, 2.75) is 17.9 Å². The van der Waals surface area contributed by atoms with E-state index < -0.39 is 17.9 Å². The molecule has 0 aromatic heterocycles. The van der Waals surface area contributed by atoms with Gasteiger partial charge in [0.25, 0.3) is 0 Å². The van der Waals surface area contributed by atoms with Crippen LogP contribution < -0.4 is 0 Å². The summed E-state index contributed by atoms with van der Waals surface area (Å²) in [5.41, 5.74) is 0.104. The summed E-state index contributed by atoms with van der Waals surface area (Å²) < 4.78 is 55.5. The molecule has 1 unspecified atom stereocenters. The summed E-state index contributed by atoms with van der Waals surface area (Å²) in [5.74, 6) is -9.11. The van der Waals surface area contributed by atoms with Crippen molar-refractivity contribution in [2.75, 3.05) is 0 Å². The van der Waals surface area contributed by atoms with Gasteiger partial charge < -0.3 is 5.11 Å². The molecule has 1 atom stereocenters. The molecule has 1 N–H and O–H groups in total. The fourth-order valence-electron chi connectivity index (χ4n) is 1.90. The number of aliphatic hydroxyl groups is 1. The average molecular weight is 310 g/mol. The molecule has 0 saturated heterocycles. The maximum absolute atomic E-state index is 13.9. The Bertz CT molecular complexity index is 624. The number of benzene rings is 2. The standard InChI is InChI=1S/C17H14F4O/c18-16(19,12-11-13-7-3-1-4-8-13)17(20,21)15(22)14-9-5-2-6-10-14/h1-12,15,22H/b12-11+. The molecule has 0 aliphatic carbocycles. The average Bonchev–Trinajstić information content (AvgIpc) is 2.54. The second kappa shape index (κ2) is 6.32. The largest absolute Gasteiger partial charge is 0.382 e. The minimum Gasteiger partial charge on any atom is -0.382 e. The number of hydrogen-bond acceptors (Lipinski definition) is 1. The Morgan fingerprint density at radius 2 is 1.32 bits per heavy atom. The van der Waals surface area contributed by atoms with Crippen molar-refractivity contribution in [1.82, 2.24) is 0 Å². The molecule has 22 heavy (non-hydrogen) atoms. The van der Waals surface area contributed by atoms with Gasteiger partial charge in [-0.2, -0.15) is 17.6 Å². The molecule has 0 amide bonds. The lowest BCUT2D eigenvalue weighted by Crippen LogP contribution is -2.44. The van der Waals surface area contributed by atoms with Crippen molar-refractivity contribution in [2.24, 2.45) is 0 Å². The summed E-state index contributed by atoms with van der Waals surface area (Å²) in [6.45, 7) is 0. The Morgan fingerprint density at radius 1 is 0.818 bits per heavy atom. The van der Waals surface area contributed by atoms with Crippen molar-refractivity contribution >= 4 is 6.08 Å². The molecule has 116 valence electrons. The third-order valence-corrected chi connectivity index (χ3v) is 3.19. The second-order valence-electron chi connectivity index (χ2n) is 4.80. The van der Waals surface area contributed by atoms with Crippen LogP contribution in [-0.2, 0) is 0 Å². The quantitative estimate of drug-likeness (QED) is 0.793. The zero-order chi connectivity index (χ0) is 16.2. The van der Waals surface area contributed by atoms with Crippen molar-refractivity contribution in [1.29, 1.82) is 0 Å². The van der Waals surface area contributed by atoms with Gasteiger partial charge in [0.15, 0.2) is 0 Å². The zero-order valence-electron chi connectivity index (χ0n) is 11.5. The normalized spacial score (nSPS) is 14.2. The van der Waals surface area contributed by atoms with E-state index in [2.05, 4.69) is 0 Å². The van der Waals surface area contributed by atoms with Gasteiger partial charge in [0.2, 0.25) is 0 Å². The highest BCUT2D eigenvalue weighted by atomic mass is 19.3. The van der Waals surface area contributed by atoms with Gasteiger partial charge in [-0.15, -0.1) is 0 Å². The number of halogens is 4. The number of hydrogen-bond donors (Lipinski definition) is 1. The lowest BCUT2D eigenvalue weighted by Gasteiger charge is -2.28. The molecule has 0 saturated carbocycles. The third kappa shape index (κ3) is 3.36. The van der Waals surface area contributed by atoms with Gasteiger partial charge in [-0.1, -0.05) is 66.7 Å². The summed E-state index contributed by atoms with van der Waals surface area (Å²) in [4.78, 5) is 0. The molecule has 2 aromatic carbocycles. The van der Waals surface area contributed by atoms with E-state index in [1.165, 1.54) is 36.4 Å². The van der Waals surface area contributed by atoms with E-state index in [-0.39, 0.29) is 11.6 Å². The smallest absolute Gasteiger partial charge is 0.343 e. The Morgan fingerprint density at radius 3 is 1.86 bits per heavy atom. The van der Waals surface area contributed by atoms with Crippen molar-refractivity contribution in [3.8, 4) is 0 Å². The van der Waals surface area contributed by atoms with Gasteiger partial charge in [0.05, 0.1) is 0 Å². The van der Waals surface area contributed by atoms with E-state index in [0.29, 0.717) is 5.56 Å². The molecule has 0 aliphatic heterocycles. The lowest BCUT2D eigenvalue weighted by molar-refractivity contribution is -0.232.